The summed E-state index contributed by atoms with van der Waals surface area (Å²) < 4.78 is 5.72. The molecule has 1 N–H and O–H groups in total. The van der Waals surface area contributed by atoms with Crippen LogP contribution in [-0.2, 0) is 4.79 Å². The Kier molecular flexibility index (Phi) is 7.41. The van der Waals surface area contributed by atoms with Gasteiger partial charge in [-0.25, -0.2) is 0 Å². The molecular weight excluding hydrogens is 340 g/mol. The van der Waals surface area contributed by atoms with Crippen LogP contribution in [0.3, 0.4) is 0 Å². The fourth-order valence-corrected chi connectivity index (χ4v) is 2.68. The maximum atomic E-state index is 12.8. The summed E-state index contributed by atoms with van der Waals surface area (Å²) in [5.41, 5.74) is 1.67. The van der Waals surface area contributed by atoms with Crippen LogP contribution >= 0.6 is 0 Å². The summed E-state index contributed by atoms with van der Waals surface area (Å²) in [7, 11) is 1.73. The number of amides is 2. The molecule has 0 saturated heterocycles. The molecule has 0 aliphatic carbocycles. The number of ether oxygens (including phenoxy) is 1. The summed E-state index contributed by atoms with van der Waals surface area (Å²) in [5, 5.41) is 2.86. The molecule has 27 heavy (non-hydrogen) atoms. The molecule has 144 valence electrons. The Balaban J connectivity index is 1.91. The molecule has 0 saturated carbocycles. The largest absolute Gasteiger partial charge is 0.492 e. The second kappa shape index (κ2) is 9.76. The predicted octanol–water partition coefficient (Wildman–Crippen LogP) is 3.29. The zero-order valence-corrected chi connectivity index (χ0v) is 16.4. The zero-order chi connectivity index (χ0) is 19.8. The molecule has 2 aromatic rings. The summed E-state index contributed by atoms with van der Waals surface area (Å²) >= 11 is 0. The monoisotopic (exact) mass is 368 g/mol. The van der Waals surface area contributed by atoms with Crippen LogP contribution in [0.1, 0.15) is 29.8 Å². The topological polar surface area (TPSA) is 58.6 Å². The van der Waals surface area contributed by atoms with E-state index in [1.54, 1.807) is 36.2 Å². The number of carbonyl (C=O) groups excluding carboxylic acids is 2. The van der Waals surface area contributed by atoms with Crippen molar-refractivity contribution < 1.29 is 14.3 Å². The highest BCUT2D eigenvalue weighted by Crippen LogP contribution is 2.12. The molecule has 0 radical (unpaired) electrons. The zero-order valence-electron chi connectivity index (χ0n) is 16.4. The Labute approximate surface area is 161 Å². The van der Waals surface area contributed by atoms with Crippen molar-refractivity contribution in [2.75, 3.05) is 20.2 Å². The van der Waals surface area contributed by atoms with E-state index in [4.69, 9.17) is 4.74 Å². The van der Waals surface area contributed by atoms with Gasteiger partial charge in [-0.15, -0.1) is 0 Å². The van der Waals surface area contributed by atoms with Gasteiger partial charge in [0.05, 0.1) is 6.54 Å². The van der Waals surface area contributed by atoms with E-state index in [0.717, 1.165) is 11.3 Å². The van der Waals surface area contributed by atoms with Gasteiger partial charge in [-0.1, -0.05) is 44.2 Å². The van der Waals surface area contributed by atoms with Gasteiger partial charge in [0.1, 0.15) is 18.4 Å². The molecule has 0 aliphatic heterocycles. The number of hydrogen-bond donors (Lipinski definition) is 1. The summed E-state index contributed by atoms with van der Waals surface area (Å²) in [6.45, 7) is 6.68. The standard InChI is InChI=1S/C22H28N2O3/c1-16(2)20(23-21(25)18-10-6-5-7-11-18)22(26)24(4)13-14-27-19-12-8-9-17(3)15-19/h5-12,15-16,20H,13-14H2,1-4H3,(H,23,25). The predicted molar refractivity (Wildman–Crippen MR) is 107 cm³/mol. The van der Waals surface area contributed by atoms with Crippen LogP contribution in [0.4, 0.5) is 0 Å². The summed E-state index contributed by atoms with van der Waals surface area (Å²) in [4.78, 5) is 26.8. The third-order valence-corrected chi connectivity index (χ3v) is 4.32. The van der Waals surface area contributed by atoms with Crippen LogP contribution in [0.25, 0.3) is 0 Å². The molecule has 2 rings (SSSR count). The van der Waals surface area contributed by atoms with Gasteiger partial charge in [-0.3, -0.25) is 9.59 Å². The highest BCUT2D eigenvalue weighted by molar-refractivity contribution is 5.97. The number of carbonyl (C=O) groups is 2. The molecule has 1 unspecified atom stereocenters. The molecule has 0 bridgehead atoms. The van der Waals surface area contributed by atoms with Gasteiger partial charge in [0.25, 0.3) is 5.91 Å². The normalized spacial score (nSPS) is 11.7. The van der Waals surface area contributed by atoms with Gasteiger partial charge in [0.15, 0.2) is 0 Å². The van der Waals surface area contributed by atoms with Crippen LogP contribution < -0.4 is 10.1 Å². The molecule has 0 spiro atoms. The Morgan fingerprint density at radius 3 is 2.41 bits per heavy atom. The highest BCUT2D eigenvalue weighted by Gasteiger charge is 2.27. The molecular formula is C22H28N2O3. The molecule has 0 fully saturated rings. The minimum Gasteiger partial charge on any atom is -0.492 e. The maximum Gasteiger partial charge on any atom is 0.251 e. The first-order chi connectivity index (χ1) is 12.9. The number of benzene rings is 2. The fraction of sp³-hybridized carbons (Fsp3) is 0.364. The lowest BCUT2D eigenvalue weighted by Crippen LogP contribution is -2.50. The van der Waals surface area contributed by atoms with Crippen LogP contribution in [0.15, 0.2) is 54.6 Å². The van der Waals surface area contributed by atoms with Gasteiger partial charge in [0.2, 0.25) is 5.91 Å². The van der Waals surface area contributed by atoms with Crippen LogP contribution in [-0.4, -0.2) is 43.0 Å². The first-order valence-electron chi connectivity index (χ1n) is 9.19. The molecule has 2 amide bonds. The average molecular weight is 368 g/mol. The van der Waals surface area contributed by atoms with Gasteiger partial charge in [-0.2, -0.15) is 0 Å². The number of hydrogen-bond acceptors (Lipinski definition) is 3. The highest BCUT2D eigenvalue weighted by atomic mass is 16.5. The molecule has 0 aliphatic rings. The van der Waals surface area contributed by atoms with E-state index in [0.29, 0.717) is 18.7 Å². The van der Waals surface area contributed by atoms with Crippen LogP contribution in [0.2, 0.25) is 0 Å². The lowest BCUT2D eigenvalue weighted by Gasteiger charge is -2.27. The van der Waals surface area contributed by atoms with Crippen molar-refractivity contribution in [2.24, 2.45) is 5.92 Å². The van der Waals surface area contributed by atoms with E-state index in [2.05, 4.69) is 5.32 Å². The lowest BCUT2D eigenvalue weighted by molar-refractivity contribution is -0.133. The molecule has 0 heterocycles. The van der Waals surface area contributed by atoms with Crippen LogP contribution in [0, 0.1) is 12.8 Å². The molecule has 1 atom stereocenters. The third-order valence-electron chi connectivity index (χ3n) is 4.32. The van der Waals surface area contributed by atoms with Crippen molar-refractivity contribution in [1.29, 1.82) is 0 Å². The van der Waals surface area contributed by atoms with Crippen molar-refractivity contribution in [3.8, 4) is 5.75 Å². The molecule has 0 aromatic heterocycles. The Morgan fingerprint density at radius 1 is 1.07 bits per heavy atom. The van der Waals surface area contributed by atoms with Gasteiger partial charge in [0, 0.05) is 12.6 Å². The van der Waals surface area contributed by atoms with E-state index in [1.165, 1.54) is 0 Å². The summed E-state index contributed by atoms with van der Waals surface area (Å²) in [5.74, 6) is 0.396. The Morgan fingerprint density at radius 2 is 1.78 bits per heavy atom. The number of likely N-dealkylation sites (N-methyl/N-ethyl adjacent to an activating group) is 1. The van der Waals surface area contributed by atoms with E-state index in [1.807, 2.05) is 51.1 Å². The average Bonchev–Trinajstić information content (AvgIpc) is 2.65. The second-order valence-electron chi connectivity index (χ2n) is 6.99. The van der Waals surface area contributed by atoms with Crippen molar-refractivity contribution in [3.63, 3.8) is 0 Å². The minimum atomic E-state index is -0.582. The SMILES string of the molecule is Cc1cccc(OCCN(C)C(=O)C(NC(=O)c2ccccc2)C(C)C)c1. The Bertz CT molecular complexity index is 759. The van der Waals surface area contributed by atoms with E-state index < -0.39 is 6.04 Å². The van der Waals surface area contributed by atoms with E-state index in [9.17, 15) is 9.59 Å². The second-order valence-corrected chi connectivity index (χ2v) is 6.99. The number of nitrogens with zero attached hydrogens (tertiary/aromatic N) is 1. The van der Waals surface area contributed by atoms with E-state index >= 15 is 0 Å². The number of nitrogens with one attached hydrogen (secondary N) is 1. The first-order valence-corrected chi connectivity index (χ1v) is 9.19. The van der Waals surface area contributed by atoms with Crippen molar-refractivity contribution in [1.82, 2.24) is 10.2 Å². The van der Waals surface area contributed by atoms with E-state index in [-0.39, 0.29) is 17.7 Å². The third kappa shape index (κ3) is 6.13. The van der Waals surface area contributed by atoms with Crippen LogP contribution in [0.5, 0.6) is 5.75 Å². The Hall–Kier alpha value is -2.82. The van der Waals surface area contributed by atoms with Gasteiger partial charge in [-0.05, 0) is 42.7 Å². The van der Waals surface area contributed by atoms with Crippen molar-refractivity contribution >= 4 is 11.8 Å². The van der Waals surface area contributed by atoms with Crippen molar-refractivity contribution in [2.45, 2.75) is 26.8 Å². The van der Waals surface area contributed by atoms with Crippen molar-refractivity contribution in [3.05, 3.63) is 65.7 Å². The fourth-order valence-electron chi connectivity index (χ4n) is 2.68. The quantitative estimate of drug-likeness (QED) is 0.778. The number of aryl methyl sites for hydroxylation is 1. The smallest absolute Gasteiger partial charge is 0.251 e. The first kappa shape index (κ1) is 20.5. The number of rotatable bonds is 8. The minimum absolute atomic E-state index is 0.0229. The molecule has 5 heteroatoms. The summed E-state index contributed by atoms with van der Waals surface area (Å²) in [6.07, 6.45) is 0. The summed E-state index contributed by atoms with van der Waals surface area (Å²) in [6, 6.07) is 16.1. The molecule has 2 aromatic carbocycles. The lowest BCUT2D eigenvalue weighted by atomic mass is 10.0. The molecule has 5 nitrogen and oxygen atoms in total. The van der Waals surface area contributed by atoms with Gasteiger partial charge < -0.3 is 15.0 Å². The maximum absolute atomic E-state index is 12.8. The van der Waals surface area contributed by atoms with Gasteiger partial charge >= 0.3 is 0 Å².